The van der Waals surface area contributed by atoms with Gasteiger partial charge >= 0.3 is 0 Å². The predicted molar refractivity (Wildman–Crippen MR) is 78.8 cm³/mol. The van der Waals surface area contributed by atoms with E-state index in [2.05, 4.69) is 44.0 Å². The Kier molecular flexibility index (Phi) is 5.36. The Morgan fingerprint density at radius 3 is 2.65 bits per heavy atom. The number of alkyl halides is 1. The molecule has 1 aromatic rings. The fourth-order valence-corrected chi connectivity index (χ4v) is 3.54. The predicted octanol–water partition coefficient (Wildman–Crippen LogP) is 5.30. The molecule has 0 amide bonds. The molecule has 0 heterocycles. The van der Waals surface area contributed by atoms with E-state index in [1.807, 2.05) is 6.07 Å². The molecule has 0 spiro atoms. The highest BCUT2D eigenvalue weighted by Gasteiger charge is 2.14. The summed E-state index contributed by atoms with van der Waals surface area (Å²) in [5.74, 6) is 1.76. The fourth-order valence-electron chi connectivity index (χ4n) is 2.31. The highest BCUT2D eigenvalue weighted by atomic mass is 79.9. The van der Waals surface area contributed by atoms with Crippen molar-refractivity contribution in [2.24, 2.45) is 5.92 Å². The van der Waals surface area contributed by atoms with Gasteiger partial charge in [-0.2, -0.15) is 0 Å². The Morgan fingerprint density at radius 2 is 1.94 bits per heavy atom. The fraction of sp³-hybridized carbons (Fsp3) is 0.571. The van der Waals surface area contributed by atoms with Gasteiger partial charge in [-0.3, -0.25) is 0 Å². The van der Waals surface area contributed by atoms with E-state index in [0.717, 1.165) is 28.1 Å². The molecule has 0 radical (unpaired) electrons. The zero-order chi connectivity index (χ0) is 12.1. The number of ether oxygens (including phenoxy) is 1. The van der Waals surface area contributed by atoms with E-state index in [0.29, 0.717) is 0 Å². The van der Waals surface area contributed by atoms with E-state index in [9.17, 15) is 0 Å². The summed E-state index contributed by atoms with van der Waals surface area (Å²) in [5.41, 5.74) is 1.24. The summed E-state index contributed by atoms with van der Waals surface area (Å²) in [5, 5.41) is 0.855. The highest BCUT2D eigenvalue weighted by molar-refractivity contribution is 9.10. The summed E-state index contributed by atoms with van der Waals surface area (Å²) in [6, 6.07) is 6.22. The summed E-state index contributed by atoms with van der Waals surface area (Å²) < 4.78 is 7.04. The second kappa shape index (κ2) is 6.79. The van der Waals surface area contributed by atoms with Crippen LogP contribution in [0.1, 0.15) is 37.7 Å². The van der Waals surface area contributed by atoms with Gasteiger partial charge in [-0.25, -0.2) is 0 Å². The van der Waals surface area contributed by atoms with Crippen molar-refractivity contribution in [3.63, 3.8) is 0 Å². The molecule has 1 aromatic carbocycles. The minimum Gasteiger partial charge on any atom is -0.493 e. The molecule has 1 aliphatic rings. The van der Waals surface area contributed by atoms with Crippen molar-refractivity contribution in [1.29, 1.82) is 0 Å². The molecule has 17 heavy (non-hydrogen) atoms. The molecule has 0 atom stereocenters. The summed E-state index contributed by atoms with van der Waals surface area (Å²) in [4.78, 5) is 0. The van der Waals surface area contributed by atoms with Gasteiger partial charge in [0.05, 0.1) is 6.61 Å². The largest absolute Gasteiger partial charge is 0.493 e. The van der Waals surface area contributed by atoms with Crippen LogP contribution in [-0.2, 0) is 5.33 Å². The van der Waals surface area contributed by atoms with Crippen LogP contribution >= 0.6 is 31.9 Å². The van der Waals surface area contributed by atoms with Gasteiger partial charge in [0.15, 0.2) is 0 Å². The van der Waals surface area contributed by atoms with Crippen LogP contribution in [0.2, 0.25) is 0 Å². The number of benzene rings is 1. The molecular weight excluding hydrogens is 344 g/mol. The molecule has 94 valence electrons. The molecule has 1 fully saturated rings. The molecule has 0 bridgehead atoms. The Hall–Kier alpha value is -0.0200. The van der Waals surface area contributed by atoms with Crippen molar-refractivity contribution in [3.8, 4) is 5.75 Å². The Balaban J connectivity index is 1.89. The second-order valence-corrected chi connectivity index (χ2v) is 6.12. The normalized spacial score (nSPS) is 17.1. The number of hydrogen-bond acceptors (Lipinski definition) is 1. The van der Waals surface area contributed by atoms with E-state index in [4.69, 9.17) is 4.74 Å². The van der Waals surface area contributed by atoms with Crippen LogP contribution in [0, 0.1) is 5.92 Å². The van der Waals surface area contributed by atoms with Crippen molar-refractivity contribution >= 4 is 31.9 Å². The number of halogens is 2. The molecule has 1 saturated carbocycles. The third kappa shape index (κ3) is 3.99. The number of rotatable bonds is 4. The van der Waals surface area contributed by atoms with Crippen molar-refractivity contribution in [1.82, 2.24) is 0 Å². The highest BCUT2D eigenvalue weighted by Crippen LogP contribution is 2.27. The lowest BCUT2D eigenvalue weighted by Crippen LogP contribution is -2.15. The van der Waals surface area contributed by atoms with Crippen molar-refractivity contribution in [3.05, 3.63) is 28.2 Å². The lowest BCUT2D eigenvalue weighted by atomic mass is 9.90. The average molecular weight is 362 g/mol. The first-order valence-electron chi connectivity index (χ1n) is 6.27. The maximum atomic E-state index is 5.90. The quantitative estimate of drug-likeness (QED) is 0.661. The van der Waals surface area contributed by atoms with Crippen LogP contribution < -0.4 is 4.74 Å². The molecule has 1 nitrogen and oxygen atoms in total. The van der Waals surface area contributed by atoms with Crippen LogP contribution in [0.15, 0.2) is 22.7 Å². The van der Waals surface area contributed by atoms with Gasteiger partial charge in [0, 0.05) is 9.80 Å². The van der Waals surface area contributed by atoms with Crippen molar-refractivity contribution in [2.75, 3.05) is 6.61 Å². The van der Waals surface area contributed by atoms with Crippen LogP contribution in [-0.4, -0.2) is 6.61 Å². The summed E-state index contributed by atoms with van der Waals surface area (Å²) in [6.07, 6.45) is 6.83. The van der Waals surface area contributed by atoms with Gasteiger partial charge in [-0.05, 0) is 42.5 Å². The van der Waals surface area contributed by atoms with E-state index in [-0.39, 0.29) is 0 Å². The van der Waals surface area contributed by atoms with E-state index in [1.165, 1.54) is 37.7 Å². The minimum atomic E-state index is 0.764. The van der Waals surface area contributed by atoms with Gasteiger partial charge < -0.3 is 4.74 Å². The minimum absolute atomic E-state index is 0.764. The Labute approximate surface area is 120 Å². The topological polar surface area (TPSA) is 9.23 Å². The SMILES string of the molecule is BrCc1cc(OCC2CCCCC2)ccc1Br. The van der Waals surface area contributed by atoms with Gasteiger partial charge in [0.2, 0.25) is 0 Å². The lowest BCUT2D eigenvalue weighted by Gasteiger charge is -2.21. The van der Waals surface area contributed by atoms with Gasteiger partial charge in [0.1, 0.15) is 5.75 Å². The van der Waals surface area contributed by atoms with Crippen LogP contribution in [0.4, 0.5) is 0 Å². The maximum absolute atomic E-state index is 5.90. The van der Waals surface area contributed by atoms with E-state index in [1.54, 1.807) is 0 Å². The molecule has 0 unspecified atom stereocenters. The Morgan fingerprint density at radius 1 is 1.18 bits per heavy atom. The molecule has 0 N–H and O–H groups in total. The monoisotopic (exact) mass is 360 g/mol. The molecule has 0 saturated heterocycles. The van der Waals surface area contributed by atoms with Crippen LogP contribution in [0.3, 0.4) is 0 Å². The van der Waals surface area contributed by atoms with Gasteiger partial charge in [0.25, 0.3) is 0 Å². The molecule has 1 aliphatic carbocycles. The van der Waals surface area contributed by atoms with E-state index >= 15 is 0 Å². The molecule has 3 heteroatoms. The molecule has 2 rings (SSSR count). The van der Waals surface area contributed by atoms with Crippen molar-refractivity contribution in [2.45, 2.75) is 37.4 Å². The third-order valence-corrected chi connectivity index (χ3v) is 4.75. The lowest BCUT2D eigenvalue weighted by molar-refractivity contribution is 0.208. The third-order valence-electron chi connectivity index (χ3n) is 3.37. The van der Waals surface area contributed by atoms with Crippen molar-refractivity contribution < 1.29 is 4.74 Å². The van der Waals surface area contributed by atoms with Crippen LogP contribution in [0.25, 0.3) is 0 Å². The summed E-state index contributed by atoms with van der Waals surface area (Å²) in [7, 11) is 0. The molecular formula is C14H18Br2O. The standard InChI is InChI=1S/C14H18Br2O/c15-9-12-8-13(6-7-14(12)16)17-10-11-4-2-1-3-5-11/h6-8,11H,1-5,9-10H2. The van der Waals surface area contributed by atoms with Crippen LogP contribution in [0.5, 0.6) is 5.75 Å². The average Bonchev–Trinajstić information content (AvgIpc) is 2.39. The van der Waals surface area contributed by atoms with E-state index < -0.39 is 0 Å². The summed E-state index contributed by atoms with van der Waals surface area (Å²) >= 11 is 7.02. The zero-order valence-electron chi connectivity index (χ0n) is 9.92. The zero-order valence-corrected chi connectivity index (χ0v) is 13.1. The summed E-state index contributed by atoms with van der Waals surface area (Å²) in [6.45, 7) is 0.878. The maximum Gasteiger partial charge on any atom is 0.119 e. The second-order valence-electron chi connectivity index (χ2n) is 4.70. The first kappa shape index (κ1) is 13.4. The molecule has 0 aliphatic heterocycles. The molecule has 0 aromatic heterocycles. The first-order chi connectivity index (χ1) is 8.29. The Bertz CT molecular complexity index is 359. The number of hydrogen-bond donors (Lipinski definition) is 0. The first-order valence-corrected chi connectivity index (χ1v) is 8.18. The van der Waals surface area contributed by atoms with Gasteiger partial charge in [-0.1, -0.05) is 51.1 Å². The van der Waals surface area contributed by atoms with Gasteiger partial charge in [-0.15, -0.1) is 0 Å². The smallest absolute Gasteiger partial charge is 0.119 e.